The first kappa shape index (κ1) is 18.4. The molecule has 1 aliphatic rings. The molecule has 1 atom stereocenters. The molecule has 2 aromatic rings. The van der Waals surface area contributed by atoms with Crippen molar-refractivity contribution in [2.45, 2.75) is 12.6 Å². The number of ether oxygens (including phenoxy) is 1. The van der Waals surface area contributed by atoms with Crippen molar-refractivity contribution < 1.29 is 4.74 Å². The summed E-state index contributed by atoms with van der Waals surface area (Å²) in [5.41, 5.74) is 6.71. The van der Waals surface area contributed by atoms with Gasteiger partial charge in [-0.3, -0.25) is 10.3 Å². The van der Waals surface area contributed by atoms with Gasteiger partial charge in [0.25, 0.3) is 0 Å². The number of hydrogen-bond acceptors (Lipinski definition) is 4. The maximum atomic E-state index is 6.23. The average Bonchev–Trinajstić information content (AvgIpc) is 2.63. The summed E-state index contributed by atoms with van der Waals surface area (Å²) in [6.07, 6.45) is 0.387. The highest BCUT2D eigenvalue weighted by atomic mass is 35.5. The zero-order valence-corrected chi connectivity index (χ0v) is 15.5. The predicted molar refractivity (Wildman–Crippen MR) is 106 cm³/mol. The lowest BCUT2D eigenvalue weighted by Gasteiger charge is -2.24. The van der Waals surface area contributed by atoms with Crippen LogP contribution >= 0.6 is 23.2 Å². The number of rotatable bonds is 6. The minimum atomic E-state index is -0.367. The first-order valence-corrected chi connectivity index (χ1v) is 8.91. The van der Waals surface area contributed by atoms with Crippen molar-refractivity contribution in [2.24, 2.45) is 15.7 Å². The monoisotopic (exact) mass is 391 g/mol. The number of guanidine groups is 2. The van der Waals surface area contributed by atoms with Gasteiger partial charge in [-0.2, -0.15) is 0 Å². The van der Waals surface area contributed by atoms with Crippen LogP contribution in [0.1, 0.15) is 18.2 Å². The summed E-state index contributed by atoms with van der Waals surface area (Å²) in [4.78, 5) is 8.80. The molecule has 0 fully saturated rings. The Morgan fingerprint density at radius 2 is 1.88 bits per heavy atom. The van der Waals surface area contributed by atoms with Gasteiger partial charge in [-0.05, 0) is 30.3 Å². The fraction of sp³-hybridized carbons (Fsp3) is 0.222. The molecule has 1 unspecified atom stereocenters. The zero-order valence-electron chi connectivity index (χ0n) is 14.0. The van der Waals surface area contributed by atoms with Crippen LogP contribution in [-0.4, -0.2) is 25.1 Å². The van der Waals surface area contributed by atoms with Gasteiger partial charge < -0.3 is 15.8 Å². The molecule has 26 heavy (non-hydrogen) atoms. The molecule has 1 aliphatic heterocycles. The SMILES string of the molecule is NC1=NC(c2ccccc2Cl)NC(=NCCCOc2ccc(Cl)cc2)N1. The molecule has 6 nitrogen and oxygen atoms in total. The van der Waals surface area contributed by atoms with Crippen molar-refractivity contribution in [2.75, 3.05) is 13.2 Å². The third-order valence-corrected chi connectivity index (χ3v) is 4.24. The minimum Gasteiger partial charge on any atom is -0.494 e. The van der Waals surface area contributed by atoms with Gasteiger partial charge in [-0.15, -0.1) is 0 Å². The van der Waals surface area contributed by atoms with E-state index in [-0.39, 0.29) is 6.17 Å². The van der Waals surface area contributed by atoms with Crippen molar-refractivity contribution in [1.82, 2.24) is 10.6 Å². The highest BCUT2D eigenvalue weighted by Crippen LogP contribution is 2.24. The largest absolute Gasteiger partial charge is 0.494 e. The number of nitrogens with zero attached hydrogens (tertiary/aromatic N) is 2. The predicted octanol–water partition coefficient (Wildman–Crippen LogP) is 3.32. The Hall–Kier alpha value is -2.44. The van der Waals surface area contributed by atoms with Crippen molar-refractivity contribution in [3.8, 4) is 5.75 Å². The van der Waals surface area contributed by atoms with E-state index in [1.165, 1.54) is 0 Å². The Balaban J connectivity index is 1.52. The van der Waals surface area contributed by atoms with Gasteiger partial charge in [0.2, 0.25) is 0 Å². The Morgan fingerprint density at radius 3 is 2.65 bits per heavy atom. The van der Waals surface area contributed by atoms with Crippen LogP contribution in [0.3, 0.4) is 0 Å². The van der Waals surface area contributed by atoms with Gasteiger partial charge >= 0.3 is 0 Å². The van der Waals surface area contributed by atoms with Crippen LogP contribution in [0.4, 0.5) is 0 Å². The van der Waals surface area contributed by atoms with Crippen molar-refractivity contribution in [3.05, 3.63) is 64.1 Å². The second-order valence-electron chi connectivity index (χ2n) is 5.59. The zero-order chi connectivity index (χ0) is 18.4. The van der Waals surface area contributed by atoms with Crippen LogP contribution in [0.15, 0.2) is 58.5 Å². The van der Waals surface area contributed by atoms with Gasteiger partial charge in [0.1, 0.15) is 5.75 Å². The van der Waals surface area contributed by atoms with E-state index >= 15 is 0 Å². The molecule has 0 bridgehead atoms. The molecule has 0 spiro atoms. The molecule has 4 N–H and O–H groups in total. The average molecular weight is 392 g/mol. The van der Waals surface area contributed by atoms with Crippen LogP contribution in [0.25, 0.3) is 0 Å². The summed E-state index contributed by atoms with van der Waals surface area (Å²) in [6, 6.07) is 14.8. The molecule has 0 amide bonds. The number of hydrogen-bond donors (Lipinski definition) is 3. The molecular formula is C18H19Cl2N5O. The van der Waals surface area contributed by atoms with Crippen LogP contribution in [-0.2, 0) is 0 Å². The van der Waals surface area contributed by atoms with Gasteiger partial charge in [-0.1, -0.05) is 41.4 Å². The molecule has 1 heterocycles. The van der Waals surface area contributed by atoms with E-state index in [1.807, 2.05) is 36.4 Å². The molecule has 0 aliphatic carbocycles. The van der Waals surface area contributed by atoms with E-state index in [1.54, 1.807) is 12.1 Å². The van der Waals surface area contributed by atoms with Crippen molar-refractivity contribution in [3.63, 3.8) is 0 Å². The second-order valence-corrected chi connectivity index (χ2v) is 6.44. The normalized spacial score (nSPS) is 18.0. The van der Waals surface area contributed by atoms with Gasteiger partial charge in [0, 0.05) is 28.6 Å². The van der Waals surface area contributed by atoms with Crippen LogP contribution in [0.2, 0.25) is 10.0 Å². The smallest absolute Gasteiger partial charge is 0.200 e. The van der Waals surface area contributed by atoms with Crippen molar-refractivity contribution in [1.29, 1.82) is 0 Å². The summed E-state index contributed by atoms with van der Waals surface area (Å²) in [7, 11) is 0. The topological polar surface area (TPSA) is 84.0 Å². The van der Waals surface area contributed by atoms with E-state index in [2.05, 4.69) is 20.6 Å². The molecule has 0 saturated carbocycles. The van der Waals surface area contributed by atoms with Gasteiger partial charge in [-0.25, -0.2) is 4.99 Å². The van der Waals surface area contributed by atoms with E-state index < -0.39 is 0 Å². The molecule has 0 aromatic heterocycles. The summed E-state index contributed by atoms with van der Waals surface area (Å²) in [5, 5.41) is 7.42. The Morgan fingerprint density at radius 1 is 1.12 bits per heavy atom. The minimum absolute atomic E-state index is 0.296. The molecule has 8 heteroatoms. The summed E-state index contributed by atoms with van der Waals surface area (Å²) in [6.45, 7) is 1.13. The Labute approximate surface area is 162 Å². The lowest BCUT2D eigenvalue weighted by molar-refractivity contribution is 0.313. The number of halogens is 2. The fourth-order valence-electron chi connectivity index (χ4n) is 2.40. The maximum absolute atomic E-state index is 6.23. The summed E-state index contributed by atoms with van der Waals surface area (Å²) < 4.78 is 5.64. The molecular weight excluding hydrogens is 373 g/mol. The second kappa shape index (κ2) is 8.78. The Kier molecular flexibility index (Phi) is 6.20. The molecule has 0 radical (unpaired) electrons. The number of nitrogens with two attached hydrogens (primary N) is 1. The standard InChI is InChI=1S/C18H19Cl2N5O/c19-12-6-8-13(9-7-12)26-11-3-10-22-18-24-16(23-17(21)25-18)14-4-1-2-5-15(14)20/h1-2,4-9,16H,3,10-11H2,(H4,21,22,23,24,25). The molecule has 3 rings (SSSR count). The van der Waals surface area contributed by atoms with Crippen LogP contribution in [0, 0.1) is 0 Å². The molecule has 136 valence electrons. The van der Waals surface area contributed by atoms with E-state index in [4.69, 9.17) is 33.7 Å². The molecule has 2 aromatic carbocycles. The quantitative estimate of drug-likeness (QED) is 0.659. The highest BCUT2D eigenvalue weighted by molar-refractivity contribution is 6.31. The highest BCUT2D eigenvalue weighted by Gasteiger charge is 2.20. The van der Waals surface area contributed by atoms with Crippen molar-refractivity contribution >= 4 is 35.1 Å². The molecule has 0 saturated heterocycles. The fourth-order valence-corrected chi connectivity index (χ4v) is 2.76. The van der Waals surface area contributed by atoms with Crippen LogP contribution in [0.5, 0.6) is 5.75 Å². The first-order valence-electron chi connectivity index (χ1n) is 8.16. The first-order chi connectivity index (χ1) is 12.6. The van der Waals surface area contributed by atoms with E-state index in [9.17, 15) is 0 Å². The van der Waals surface area contributed by atoms with E-state index in [0.717, 1.165) is 17.7 Å². The van der Waals surface area contributed by atoms with E-state index in [0.29, 0.717) is 35.1 Å². The summed E-state index contributed by atoms with van der Waals surface area (Å²) >= 11 is 12.1. The Bertz CT molecular complexity index is 807. The lowest BCUT2D eigenvalue weighted by Crippen LogP contribution is -2.50. The number of benzene rings is 2. The lowest BCUT2D eigenvalue weighted by atomic mass is 10.1. The van der Waals surface area contributed by atoms with Crippen LogP contribution < -0.4 is 21.1 Å². The number of aliphatic imine (C=N–C) groups is 2. The maximum Gasteiger partial charge on any atom is 0.200 e. The summed E-state index contributed by atoms with van der Waals surface area (Å²) in [5.74, 6) is 1.64. The van der Waals surface area contributed by atoms with Gasteiger partial charge in [0.15, 0.2) is 18.1 Å². The number of nitrogens with one attached hydrogen (secondary N) is 2. The van der Waals surface area contributed by atoms with Gasteiger partial charge in [0.05, 0.1) is 6.61 Å². The third-order valence-electron chi connectivity index (χ3n) is 3.64. The third kappa shape index (κ3) is 5.03.